The molecule has 1 amide bonds. The van der Waals surface area contributed by atoms with Gasteiger partial charge in [0.05, 0.1) is 12.2 Å². The lowest BCUT2D eigenvalue weighted by Gasteiger charge is -2.15. The van der Waals surface area contributed by atoms with Crippen molar-refractivity contribution < 1.29 is 9.32 Å². The molecule has 2 rings (SSSR count). The third-order valence-electron chi connectivity index (χ3n) is 3.19. The highest BCUT2D eigenvalue weighted by atomic mass is 16.5. The zero-order valence-electron chi connectivity index (χ0n) is 12.9. The van der Waals surface area contributed by atoms with Crippen molar-refractivity contribution in [3.05, 3.63) is 46.8 Å². The minimum absolute atomic E-state index is 0.0357. The molecule has 0 spiro atoms. The summed E-state index contributed by atoms with van der Waals surface area (Å²) in [5, 5.41) is 6.87. The molecule has 0 bridgehead atoms. The molecule has 0 radical (unpaired) electrons. The number of carbonyl (C=O) groups excluding carboxylic acids is 1. The van der Waals surface area contributed by atoms with Gasteiger partial charge in [-0.1, -0.05) is 17.3 Å². The number of amides is 1. The van der Waals surface area contributed by atoms with Gasteiger partial charge < -0.3 is 9.84 Å². The minimum Gasteiger partial charge on any atom is -0.361 e. The van der Waals surface area contributed by atoms with Crippen LogP contribution in [0.25, 0.3) is 0 Å². The van der Waals surface area contributed by atoms with Gasteiger partial charge in [0.25, 0.3) is 0 Å². The lowest BCUT2D eigenvalue weighted by molar-refractivity contribution is -0.117. The lowest BCUT2D eigenvalue weighted by Crippen LogP contribution is -2.30. The largest absolute Gasteiger partial charge is 0.361 e. The van der Waals surface area contributed by atoms with E-state index in [9.17, 15) is 4.79 Å². The van der Waals surface area contributed by atoms with Gasteiger partial charge in [0.15, 0.2) is 0 Å². The van der Waals surface area contributed by atoms with Gasteiger partial charge in [0.2, 0.25) is 5.91 Å². The molecule has 0 fully saturated rings. The highest BCUT2D eigenvalue weighted by molar-refractivity contribution is 5.93. The van der Waals surface area contributed by atoms with E-state index in [0.717, 1.165) is 28.3 Å². The Bertz CT molecular complexity index is 634. The molecule has 21 heavy (non-hydrogen) atoms. The number of aryl methyl sites for hydroxylation is 3. The molecule has 0 aliphatic heterocycles. The Balaban J connectivity index is 1.90. The van der Waals surface area contributed by atoms with E-state index >= 15 is 0 Å². The normalized spacial score (nSPS) is 10.9. The van der Waals surface area contributed by atoms with Crippen molar-refractivity contribution in [3.63, 3.8) is 0 Å². The predicted molar refractivity (Wildman–Crippen MR) is 82.1 cm³/mol. The van der Waals surface area contributed by atoms with E-state index in [2.05, 4.69) is 10.5 Å². The molecule has 2 aromatic rings. The van der Waals surface area contributed by atoms with Crippen LogP contribution in [0.4, 0.5) is 5.69 Å². The average Bonchev–Trinajstić information content (AvgIpc) is 2.79. The highest BCUT2D eigenvalue weighted by Crippen LogP contribution is 2.16. The quantitative estimate of drug-likeness (QED) is 0.918. The van der Waals surface area contributed by atoms with E-state index < -0.39 is 0 Å². The van der Waals surface area contributed by atoms with Crippen molar-refractivity contribution in [1.82, 2.24) is 10.1 Å². The van der Waals surface area contributed by atoms with Gasteiger partial charge in [-0.15, -0.1) is 0 Å². The highest BCUT2D eigenvalue weighted by Gasteiger charge is 2.10. The fraction of sp³-hybridized carbons (Fsp3) is 0.375. The Morgan fingerprint density at radius 1 is 1.29 bits per heavy atom. The molecule has 1 heterocycles. The fourth-order valence-corrected chi connectivity index (χ4v) is 2.13. The molecule has 5 heteroatoms. The van der Waals surface area contributed by atoms with Crippen LogP contribution in [0.3, 0.4) is 0 Å². The summed E-state index contributed by atoms with van der Waals surface area (Å²) in [6.45, 7) is 6.73. The zero-order chi connectivity index (χ0) is 15.4. The monoisotopic (exact) mass is 287 g/mol. The van der Waals surface area contributed by atoms with Gasteiger partial charge in [-0.2, -0.15) is 0 Å². The van der Waals surface area contributed by atoms with Crippen LogP contribution in [-0.4, -0.2) is 29.6 Å². The van der Waals surface area contributed by atoms with Crippen LogP contribution in [-0.2, 0) is 11.3 Å². The summed E-state index contributed by atoms with van der Waals surface area (Å²) in [5.41, 5.74) is 3.88. The molecule has 0 unspecified atom stereocenters. The number of hydrogen-bond donors (Lipinski definition) is 1. The van der Waals surface area contributed by atoms with Crippen LogP contribution < -0.4 is 5.32 Å². The molecule has 0 aliphatic carbocycles. The van der Waals surface area contributed by atoms with Gasteiger partial charge in [-0.05, 0) is 45.0 Å². The van der Waals surface area contributed by atoms with Crippen molar-refractivity contribution in [2.75, 3.05) is 18.9 Å². The third kappa shape index (κ3) is 4.43. The Morgan fingerprint density at radius 3 is 2.71 bits per heavy atom. The van der Waals surface area contributed by atoms with Gasteiger partial charge in [-0.25, -0.2) is 0 Å². The van der Waals surface area contributed by atoms with Crippen LogP contribution >= 0.6 is 0 Å². The summed E-state index contributed by atoms with van der Waals surface area (Å²) in [5.74, 6) is 0.740. The van der Waals surface area contributed by atoms with Crippen molar-refractivity contribution in [1.29, 1.82) is 0 Å². The second-order valence-electron chi connectivity index (χ2n) is 5.47. The molecule has 0 aliphatic rings. The number of rotatable bonds is 5. The first kappa shape index (κ1) is 15.3. The van der Waals surface area contributed by atoms with Crippen LogP contribution in [0.1, 0.15) is 22.6 Å². The van der Waals surface area contributed by atoms with Gasteiger partial charge >= 0.3 is 0 Å². The van der Waals surface area contributed by atoms with E-state index in [1.165, 1.54) is 0 Å². The van der Waals surface area contributed by atoms with E-state index in [1.807, 2.05) is 57.0 Å². The average molecular weight is 287 g/mol. The topological polar surface area (TPSA) is 58.4 Å². The van der Waals surface area contributed by atoms with Gasteiger partial charge in [0, 0.05) is 18.3 Å². The fourth-order valence-electron chi connectivity index (χ4n) is 2.13. The van der Waals surface area contributed by atoms with Crippen LogP contribution in [0, 0.1) is 20.8 Å². The maximum absolute atomic E-state index is 12.1. The molecular weight excluding hydrogens is 266 g/mol. The summed E-state index contributed by atoms with van der Waals surface area (Å²) < 4.78 is 5.02. The molecule has 5 nitrogen and oxygen atoms in total. The van der Waals surface area contributed by atoms with E-state index in [4.69, 9.17) is 4.52 Å². The van der Waals surface area contributed by atoms with Crippen LogP contribution in [0.5, 0.6) is 0 Å². The number of carbonyl (C=O) groups is 1. The first-order valence-electron chi connectivity index (χ1n) is 6.92. The molecule has 1 aromatic carbocycles. The Hall–Kier alpha value is -2.14. The van der Waals surface area contributed by atoms with Crippen LogP contribution in [0.15, 0.2) is 28.8 Å². The van der Waals surface area contributed by atoms with Gasteiger partial charge in [-0.3, -0.25) is 9.69 Å². The number of anilines is 1. The van der Waals surface area contributed by atoms with Crippen molar-refractivity contribution in [2.45, 2.75) is 27.3 Å². The van der Waals surface area contributed by atoms with Gasteiger partial charge in [0.1, 0.15) is 5.76 Å². The first-order chi connectivity index (χ1) is 9.94. The Kier molecular flexibility index (Phi) is 4.75. The van der Waals surface area contributed by atoms with E-state index in [0.29, 0.717) is 13.1 Å². The standard InChI is InChI=1S/C16H21N3O2/c1-11-5-6-12(2)15(7-11)17-16(20)10-19(4)9-14-8-13(3)21-18-14/h5-8H,9-10H2,1-4H3,(H,17,20). The molecule has 1 aromatic heterocycles. The Morgan fingerprint density at radius 2 is 2.05 bits per heavy atom. The third-order valence-corrected chi connectivity index (χ3v) is 3.19. The minimum atomic E-state index is -0.0357. The first-order valence-corrected chi connectivity index (χ1v) is 6.92. The summed E-state index contributed by atoms with van der Waals surface area (Å²) in [6, 6.07) is 7.89. The maximum Gasteiger partial charge on any atom is 0.238 e. The second kappa shape index (κ2) is 6.54. The Labute approximate surface area is 124 Å². The summed E-state index contributed by atoms with van der Waals surface area (Å²) >= 11 is 0. The number of hydrogen-bond acceptors (Lipinski definition) is 4. The van der Waals surface area contributed by atoms with Crippen molar-refractivity contribution in [3.8, 4) is 0 Å². The van der Waals surface area contributed by atoms with E-state index in [-0.39, 0.29) is 5.91 Å². The summed E-state index contributed by atoms with van der Waals surface area (Å²) in [4.78, 5) is 14.0. The molecular formula is C16H21N3O2. The maximum atomic E-state index is 12.1. The number of likely N-dealkylation sites (N-methyl/N-ethyl adjacent to an activating group) is 1. The molecule has 0 atom stereocenters. The molecule has 0 saturated heterocycles. The molecule has 112 valence electrons. The number of benzene rings is 1. The predicted octanol–water partition coefficient (Wildman–Crippen LogP) is 2.67. The number of nitrogens with one attached hydrogen (secondary N) is 1. The summed E-state index contributed by atoms with van der Waals surface area (Å²) in [6.07, 6.45) is 0. The SMILES string of the molecule is Cc1ccc(C)c(NC(=O)CN(C)Cc2cc(C)on2)c1. The molecule has 0 saturated carbocycles. The zero-order valence-corrected chi connectivity index (χ0v) is 12.9. The van der Waals surface area contributed by atoms with Crippen molar-refractivity contribution >= 4 is 11.6 Å². The van der Waals surface area contributed by atoms with E-state index in [1.54, 1.807) is 0 Å². The summed E-state index contributed by atoms with van der Waals surface area (Å²) in [7, 11) is 1.88. The lowest BCUT2D eigenvalue weighted by atomic mass is 10.1. The number of aromatic nitrogens is 1. The smallest absolute Gasteiger partial charge is 0.238 e. The number of nitrogens with zero attached hydrogens (tertiary/aromatic N) is 2. The van der Waals surface area contributed by atoms with Crippen molar-refractivity contribution in [2.24, 2.45) is 0 Å². The van der Waals surface area contributed by atoms with Crippen LogP contribution in [0.2, 0.25) is 0 Å². The second-order valence-corrected chi connectivity index (χ2v) is 5.47. The molecule has 1 N–H and O–H groups in total.